The van der Waals surface area contributed by atoms with Crippen LogP contribution in [0, 0.1) is 0 Å². The summed E-state index contributed by atoms with van der Waals surface area (Å²) in [4.78, 5) is 12.2. The molecule has 0 aliphatic carbocycles. The van der Waals surface area contributed by atoms with Gasteiger partial charge in [-0.05, 0) is 36.4 Å². The van der Waals surface area contributed by atoms with E-state index in [-0.39, 0.29) is 16.3 Å². The van der Waals surface area contributed by atoms with Crippen molar-refractivity contribution in [1.29, 1.82) is 0 Å². The Hall–Kier alpha value is -2.84. The van der Waals surface area contributed by atoms with Crippen molar-refractivity contribution in [2.24, 2.45) is 0 Å². The third kappa shape index (κ3) is 4.78. The van der Waals surface area contributed by atoms with Gasteiger partial charge in [-0.2, -0.15) is 13.2 Å². The van der Waals surface area contributed by atoms with E-state index in [4.69, 9.17) is 11.6 Å². The molecule has 0 unspecified atom stereocenters. The molecule has 0 heterocycles. The van der Waals surface area contributed by atoms with Crippen molar-refractivity contribution in [2.45, 2.75) is 11.1 Å². The Labute approximate surface area is 170 Å². The maximum absolute atomic E-state index is 12.9. The van der Waals surface area contributed by atoms with Crippen molar-refractivity contribution in [2.75, 3.05) is 4.72 Å². The number of hydrogen-bond acceptors (Lipinski definition) is 3. The topological polar surface area (TPSA) is 63.2 Å². The molecule has 0 aromatic heterocycles. The van der Waals surface area contributed by atoms with E-state index in [2.05, 4.69) is 4.72 Å². The third-order valence-electron chi connectivity index (χ3n) is 3.98. The Morgan fingerprint density at radius 3 is 2.24 bits per heavy atom. The molecule has 0 aliphatic rings. The van der Waals surface area contributed by atoms with Crippen molar-refractivity contribution in [3.63, 3.8) is 0 Å². The summed E-state index contributed by atoms with van der Waals surface area (Å²) < 4.78 is 66.2. The molecule has 3 aromatic rings. The number of halogens is 4. The van der Waals surface area contributed by atoms with Gasteiger partial charge in [0, 0.05) is 16.1 Å². The summed E-state index contributed by atoms with van der Waals surface area (Å²) in [5, 5.41) is 0.200. The van der Waals surface area contributed by atoms with E-state index in [1.165, 1.54) is 18.2 Å². The summed E-state index contributed by atoms with van der Waals surface area (Å²) in [6.07, 6.45) is -4.69. The van der Waals surface area contributed by atoms with Crippen LogP contribution in [0.1, 0.15) is 21.5 Å². The fourth-order valence-corrected chi connectivity index (χ4v) is 3.88. The zero-order valence-corrected chi connectivity index (χ0v) is 16.1. The van der Waals surface area contributed by atoms with Crippen molar-refractivity contribution in [3.05, 3.63) is 94.5 Å². The van der Waals surface area contributed by atoms with Crippen molar-refractivity contribution < 1.29 is 26.4 Å². The van der Waals surface area contributed by atoms with E-state index < -0.39 is 32.4 Å². The Morgan fingerprint density at radius 2 is 1.59 bits per heavy atom. The maximum Gasteiger partial charge on any atom is 0.416 e. The lowest BCUT2D eigenvalue weighted by Gasteiger charge is -2.14. The van der Waals surface area contributed by atoms with Gasteiger partial charge in [-0.25, -0.2) is 8.42 Å². The van der Waals surface area contributed by atoms with Gasteiger partial charge in [0.2, 0.25) is 0 Å². The highest BCUT2D eigenvalue weighted by atomic mass is 35.5. The Balaban J connectivity index is 2.01. The van der Waals surface area contributed by atoms with Gasteiger partial charge in [-0.15, -0.1) is 0 Å². The molecule has 0 aliphatic heterocycles. The third-order valence-corrected chi connectivity index (χ3v) is 5.58. The van der Waals surface area contributed by atoms with Crippen LogP contribution in [0.25, 0.3) is 0 Å². The van der Waals surface area contributed by atoms with Gasteiger partial charge >= 0.3 is 6.18 Å². The van der Waals surface area contributed by atoms with E-state index >= 15 is 0 Å². The molecule has 3 rings (SSSR count). The number of anilines is 1. The van der Waals surface area contributed by atoms with Gasteiger partial charge in [0.25, 0.3) is 10.0 Å². The number of sulfonamides is 1. The van der Waals surface area contributed by atoms with Crippen LogP contribution in [0.2, 0.25) is 5.02 Å². The highest BCUT2D eigenvalue weighted by molar-refractivity contribution is 7.92. The van der Waals surface area contributed by atoms with Crippen molar-refractivity contribution >= 4 is 33.1 Å². The van der Waals surface area contributed by atoms with Gasteiger partial charge in [0.15, 0.2) is 5.78 Å². The standard InChI is InChI=1S/C20H13ClF3NO3S/c21-15-9-10-18(17(12-15)19(26)13-5-2-1-3-6-13)25-29(27,28)16-8-4-7-14(11-16)20(22,23)24/h1-12,25H. The summed E-state index contributed by atoms with van der Waals surface area (Å²) in [5.74, 6) is -0.491. The number of benzene rings is 3. The zero-order valence-electron chi connectivity index (χ0n) is 14.6. The van der Waals surface area contributed by atoms with E-state index in [0.29, 0.717) is 11.6 Å². The quantitative estimate of drug-likeness (QED) is 0.542. The molecule has 0 amide bonds. The zero-order chi connectivity index (χ0) is 21.2. The molecule has 4 nitrogen and oxygen atoms in total. The monoisotopic (exact) mass is 439 g/mol. The van der Waals surface area contributed by atoms with Gasteiger partial charge in [-0.1, -0.05) is 48.0 Å². The second kappa shape index (κ2) is 7.88. The molecule has 0 bridgehead atoms. The van der Waals surface area contributed by atoms with Crippen LogP contribution in [0.15, 0.2) is 77.7 Å². The minimum atomic E-state index is -4.69. The molecular weight excluding hydrogens is 427 g/mol. The molecule has 0 saturated heterocycles. The van der Waals surface area contributed by atoms with Gasteiger partial charge in [-0.3, -0.25) is 9.52 Å². The molecule has 0 saturated carbocycles. The van der Waals surface area contributed by atoms with Crippen LogP contribution in [0.3, 0.4) is 0 Å². The molecule has 3 aromatic carbocycles. The number of ketones is 1. The van der Waals surface area contributed by atoms with Crippen LogP contribution < -0.4 is 4.72 Å². The Bertz CT molecular complexity index is 1160. The summed E-state index contributed by atoms with van der Waals surface area (Å²) in [6, 6.07) is 15.4. The molecule has 9 heteroatoms. The average molecular weight is 440 g/mol. The predicted molar refractivity (Wildman–Crippen MR) is 104 cm³/mol. The largest absolute Gasteiger partial charge is 0.416 e. The fraction of sp³-hybridized carbons (Fsp3) is 0.0500. The normalized spacial score (nSPS) is 11.9. The number of alkyl halides is 3. The first-order chi connectivity index (χ1) is 13.6. The highest BCUT2D eigenvalue weighted by Gasteiger charge is 2.32. The lowest BCUT2D eigenvalue weighted by atomic mass is 10.0. The second-order valence-electron chi connectivity index (χ2n) is 6.02. The van der Waals surface area contributed by atoms with E-state index in [0.717, 1.165) is 18.2 Å². The van der Waals surface area contributed by atoms with Crippen LogP contribution >= 0.6 is 11.6 Å². The number of rotatable bonds is 5. The SMILES string of the molecule is O=C(c1ccccc1)c1cc(Cl)ccc1NS(=O)(=O)c1cccc(C(F)(F)F)c1. The molecule has 0 atom stereocenters. The highest BCUT2D eigenvalue weighted by Crippen LogP contribution is 2.31. The average Bonchev–Trinajstić information content (AvgIpc) is 2.69. The number of nitrogens with one attached hydrogen (secondary N) is 1. The minimum Gasteiger partial charge on any atom is -0.289 e. The van der Waals surface area contributed by atoms with Crippen LogP contribution in [-0.2, 0) is 16.2 Å². The fourth-order valence-electron chi connectivity index (χ4n) is 2.58. The first-order valence-electron chi connectivity index (χ1n) is 8.17. The Morgan fingerprint density at radius 1 is 0.897 bits per heavy atom. The van der Waals surface area contributed by atoms with Crippen LogP contribution in [-0.4, -0.2) is 14.2 Å². The van der Waals surface area contributed by atoms with Crippen molar-refractivity contribution in [3.8, 4) is 0 Å². The summed E-state index contributed by atoms with van der Waals surface area (Å²) >= 11 is 5.95. The smallest absolute Gasteiger partial charge is 0.289 e. The molecule has 0 radical (unpaired) electrons. The molecule has 0 fully saturated rings. The first kappa shape index (κ1) is 20.9. The molecule has 29 heavy (non-hydrogen) atoms. The van der Waals surface area contributed by atoms with Crippen molar-refractivity contribution in [1.82, 2.24) is 0 Å². The second-order valence-corrected chi connectivity index (χ2v) is 8.13. The van der Waals surface area contributed by atoms with E-state index in [1.807, 2.05) is 0 Å². The molecule has 1 N–H and O–H groups in total. The molecule has 150 valence electrons. The number of carbonyl (C=O) groups is 1. The van der Waals surface area contributed by atoms with Gasteiger partial charge < -0.3 is 0 Å². The maximum atomic E-state index is 12.9. The number of carbonyl (C=O) groups excluding carboxylic acids is 1. The van der Waals surface area contributed by atoms with Gasteiger partial charge in [0.1, 0.15) is 0 Å². The number of hydrogen-bond donors (Lipinski definition) is 1. The van der Waals surface area contributed by atoms with Crippen LogP contribution in [0.5, 0.6) is 0 Å². The van der Waals surface area contributed by atoms with E-state index in [1.54, 1.807) is 30.3 Å². The molecule has 0 spiro atoms. The summed E-state index contributed by atoms with van der Waals surface area (Å²) in [7, 11) is -4.39. The summed E-state index contributed by atoms with van der Waals surface area (Å²) in [6.45, 7) is 0. The predicted octanol–water partition coefficient (Wildman–Crippen LogP) is 5.39. The van der Waals surface area contributed by atoms with Crippen LogP contribution in [0.4, 0.5) is 18.9 Å². The molecular formula is C20H13ClF3NO3S. The minimum absolute atomic E-state index is 0.0285. The Kier molecular flexibility index (Phi) is 5.68. The lowest BCUT2D eigenvalue weighted by Crippen LogP contribution is -2.17. The van der Waals surface area contributed by atoms with Gasteiger partial charge in [0.05, 0.1) is 16.1 Å². The van der Waals surface area contributed by atoms with E-state index in [9.17, 15) is 26.4 Å². The lowest BCUT2D eigenvalue weighted by molar-refractivity contribution is -0.137. The summed E-state index contributed by atoms with van der Waals surface area (Å²) in [5.41, 5.74) is -0.925. The first-order valence-corrected chi connectivity index (χ1v) is 10.0.